The Morgan fingerprint density at radius 3 is 2.29 bits per heavy atom. The molecule has 3 N–H and O–H groups in total. The highest BCUT2D eigenvalue weighted by Crippen LogP contribution is 2.27. The average Bonchev–Trinajstić information content (AvgIpc) is 3.02. The maximum absolute atomic E-state index is 13.7. The van der Waals surface area contributed by atoms with Gasteiger partial charge in [-0.25, -0.2) is 4.79 Å². The molecule has 4 rings (SSSR count). The van der Waals surface area contributed by atoms with Crippen LogP contribution in [0.25, 0.3) is 0 Å². The number of rotatable bonds is 12. The van der Waals surface area contributed by atoms with E-state index >= 15 is 0 Å². The van der Waals surface area contributed by atoms with Gasteiger partial charge in [0.2, 0.25) is 11.7 Å². The van der Waals surface area contributed by atoms with Crippen molar-refractivity contribution in [3.8, 4) is 0 Å². The third kappa shape index (κ3) is 9.82. The van der Waals surface area contributed by atoms with Crippen LogP contribution in [0.3, 0.4) is 0 Å². The second kappa shape index (κ2) is 16.2. The van der Waals surface area contributed by atoms with Crippen molar-refractivity contribution in [1.82, 2.24) is 15.5 Å². The number of carbonyl (C=O) groups is 4. The molecule has 2 fully saturated rings. The average molecular weight is 599 g/mol. The number of nitrogens with one attached hydrogen (secondary N) is 3. The molecule has 2 aromatic rings. The zero-order chi connectivity index (χ0) is 29.7. The number of ketones is 1. The van der Waals surface area contributed by atoms with Crippen molar-refractivity contribution in [2.45, 2.75) is 57.2 Å². The summed E-state index contributed by atoms with van der Waals surface area (Å²) >= 11 is 5.93. The SMILES string of the molecule is O=C(Nc1ccc(Cl)cc1)C(=O)C(COCc1ccccc1)NC(=O)[C@@H](CC1CCCCC1)NC(=O)N1CCOCC1. The Kier molecular flexibility index (Phi) is 12.2. The minimum absolute atomic E-state index is 0.193. The van der Waals surface area contributed by atoms with Crippen molar-refractivity contribution < 1.29 is 28.7 Å². The van der Waals surface area contributed by atoms with Crippen LogP contribution in [0, 0.1) is 5.92 Å². The molecule has 0 spiro atoms. The molecule has 11 heteroatoms. The first-order valence-electron chi connectivity index (χ1n) is 14.5. The van der Waals surface area contributed by atoms with Gasteiger partial charge in [0.05, 0.1) is 26.4 Å². The van der Waals surface area contributed by atoms with Gasteiger partial charge in [0.1, 0.15) is 12.1 Å². The number of ether oxygens (including phenoxy) is 2. The second-order valence-electron chi connectivity index (χ2n) is 10.7. The van der Waals surface area contributed by atoms with E-state index in [4.69, 9.17) is 21.1 Å². The molecule has 0 aromatic heterocycles. The van der Waals surface area contributed by atoms with E-state index in [9.17, 15) is 19.2 Å². The quantitative estimate of drug-likeness (QED) is 0.318. The van der Waals surface area contributed by atoms with E-state index in [1.54, 1.807) is 29.2 Å². The van der Waals surface area contributed by atoms with Gasteiger partial charge in [-0.05, 0) is 42.2 Å². The molecule has 0 bridgehead atoms. The fourth-order valence-electron chi connectivity index (χ4n) is 5.20. The van der Waals surface area contributed by atoms with Crippen LogP contribution in [-0.2, 0) is 30.5 Å². The number of halogens is 1. The number of hydrogen-bond donors (Lipinski definition) is 3. The van der Waals surface area contributed by atoms with E-state index in [1.807, 2.05) is 30.3 Å². The van der Waals surface area contributed by atoms with Gasteiger partial charge in [0.15, 0.2) is 0 Å². The lowest BCUT2D eigenvalue weighted by atomic mass is 9.84. The molecule has 1 heterocycles. The Labute approximate surface area is 251 Å². The van der Waals surface area contributed by atoms with Crippen molar-refractivity contribution in [2.24, 2.45) is 5.92 Å². The van der Waals surface area contributed by atoms with Gasteiger partial charge >= 0.3 is 6.03 Å². The molecule has 1 aliphatic carbocycles. The molecule has 42 heavy (non-hydrogen) atoms. The highest BCUT2D eigenvalue weighted by Gasteiger charge is 2.33. The van der Waals surface area contributed by atoms with Gasteiger partial charge in [-0.2, -0.15) is 0 Å². The van der Waals surface area contributed by atoms with Crippen molar-refractivity contribution in [2.75, 3.05) is 38.2 Å². The molecule has 1 aliphatic heterocycles. The van der Waals surface area contributed by atoms with Crippen LogP contribution in [0.5, 0.6) is 0 Å². The third-order valence-electron chi connectivity index (χ3n) is 7.56. The van der Waals surface area contributed by atoms with Crippen LogP contribution in [0.4, 0.5) is 10.5 Å². The lowest BCUT2D eigenvalue weighted by molar-refractivity contribution is -0.139. The van der Waals surface area contributed by atoms with Crippen molar-refractivity contribution in [1.29, 1.82) is 0 Å². The summed E-state index contributed by atoms with van der Waals surface area (Å²) in [5.41, 5.74) is 1.27. The van der Waals surface area contributed by atoms with Gasteiger partial charge in [-0.15, -0.1) is 0 Å². The Bertz CT molecular complexity index is 1180. The topological polar surface area (TPSA) is 126 Å². The Hall–Kier alpha value is -3.47. The standard InChI is InChI=1S/C31H39ClN4O6/c32-24-11-13-25(14-12-24)33-30(39)28(37)27(21-42-20-23-9-5-2-6-10-23)34-29(38)26(19-22-7-3-1-4-8-22)35-31(40)36-15-17-41-18-16-36/h2,5-6,9-14,22,26-27H,1,3-4,7-8,15-21H2,(H,33,39)(H,34,38)(H,35,40)/t26-,27?/m1/s1. The van der Waals surface area contributed by atoms with E-state index in [0.717, 1.165) is 37.7 Å². The van der Waals surface area contributed by atoms with E-state index in [-0.39, 0.29) is 25.2 Å². The smallest absolute Gasteiger partial charge is 0.318 e. The molecule has 1 saturated carbocycles. The van der Waals surface area contributed by atoms with Crippen LogP contribution in [-0.4, -0.2) is 73.5 Å². The number of anilines is 1. The first kappa shape index (κ1) is 31.5. The highest BCUT2D eigenvalue weighted by molar-refractivity contribution is 6.42. The van der Waals surface area contributed by atoms with Crippen molar-refractivity contribution >= 4 is 40.9 Å². The maximum atomic E-state index is 13.7. The summed E-state index contributed by atoms with van der Waals surface area (Å²) in [4.78, 5) is 54.6. The predicted octanol–water partition coefficient (Wildman–Crippen LogP) is 3.93. The summed E-state index contributed by atoms with van der Waals surface area (Å²) < 4.78 is 11.1. The third-order valence-corrected chi connectivity index (χ3v) is 7.81. The summed E-state index contributed by atoms with van der Waals surface area (Å²) in [7, 11) is 0. The van der Waals surface area contributed by atoms with Crippen molar-refractivity contribution in [3.05, 3.63) is 65.2 Å². The van der Waals surface area contributed by atoms with Crippen LogP contribution in [0.15, 0.2) is 54.6 Å². The molecular formula is C31H39ClN4O6. The molecule has 1 unspecified atom stereocenters. The number of hydrogen-bond acceptors (Lipinski definition) is 6. The monoisotopic (exact) mass is 598 g/mol. The molecular weight excluding hydrogens is 560 g/mol. The lowest BCUT2D eigenvalue weighted by Gasteiger charge is -2.31. The first-order chi connectivity index (χ1) is 20.4. The minimum atomic E-state index is -1.26. The van der Waals surface area contributed by atoms with Crippen LogP contribution in [0.1, 0.15) is 44.1 Å². The summed E-state index contributed by atoms with van der Waals surface area (Å²) in [5, 5.41) is 8.66. The highest BCUT2D eigenvalue weighted by atomic mass is 35.5. The van der Waals surface area contributed by atoms with Crippen LogP contribution in [0.2, 0.25) is 5.02 Å². The van der Waals surface area contributed by atoms with E-state index in [2.05, 4.69) is 16.0 Å². The number of urea groups is 1. The Morgan fingerprint density at radius 1 is 0.905 bits per heavy atom. The van der Waals surface area contributed by atoms with E-state index < -0.39 is 29.7 Å². The van der Waals surface area contributed by atoms with E-state index in [0.29, 0.717) is 43.4 Å². The molecule has 0 radical (unpaired) electrons. The zero-order valence-electron chi connectivity index (χ0n) is 23.7. The van der Waals surface area contributed by atoms with Gasteiger partial charge < -0.3 is 30.3 Å². The van der Waals surface area contributed by atoms with Gasteiger partial charge in [0.25, 0.3) is 5.91 Å². The fraction of sp³-hybridized carbons (Fsp3) is 0.484. The molecule has 226 valence electrons. The summed E-state index contributed by atoms with van der Waals surface area (Å²) in [6.45, 7) is 1.71. The lowest BCUT2D eigenvalue weighted by Crippen LogP contribution is -2.57. The van der Waals surface area contributed by atoms with E-state index in [1.165, 1.54) is 0 Å². The number of carbonyl (C=O) groups excluding carboxylic acids is 4. The predicted molar refractivity (Wildman–Crippen MR) is 159 cm³/mol. The molecule has 10 nitrogen and oxygen atoms in total. The van der Waals surface area contributed by atoms with Crippen LogP contribution < -0.4 is 16.0 Å². The largest absolute Gasteiger partial charge is 0.378 e. The first-order valence-corrected chi connectivity index (χ1v) is 14.9. The molecule has 2 aromatic carbocycles. The van der Waals surface area contributed by atoms with Crippen molar-refractivity contribution in [3.63, 3.8) is 0 Å². The number of amides is 4. The fourth-order valence-corrected chi connectivity index (χ4v) is 5.33. The number of Topliss-reactive ketones (excluding diaryl/α,β-unsaturated/α-hetero) is 1. The number of nitrogens with zero attached hydrogens (tertiary/aromatic N) is 1. The van der Waals surface area contributed by atoms with Gasteiger partial charge in [-0.1, -0.05) is 74.0 Å². The second-order valence-corrected chi connectivity index (χ2v) is 11.2. The Morgan fingerprint density at radius 2 is 1.60 bits per heavy atom. The summed E-state index contributed by atoms with van der Waals surface area (Å²) in [6.07, 6.45) is 5.72. The number of benzene rings is 2. The molecule has 2 atom stereocenters. The Balaban J connectivity index is 1.46. The maximum Gasteiger partial charge on any atom is 0.318 e. The number of morpholine rings is 1. The van der Waals surface area contributed by atoms with Gasteiger partial charge in [-0.3, -0.25) is 14.4 Å². The normalized spacial score (nSPS) is 17.1. The molecule has 2 aliphatic rings. The van der Waals surface area contributed by atoms with Gasteiger partial charge in [0, 0.05) is 23.8 Å². The minimum Gasteiger partial charge on any atom is -0.378 e. The molecule has 4 amide bonds. The summed E-state index contributed by atoms with van der Waals surface area (Å²) in [5.74, 6) is -2.01. The summed E-state index contributed by atoms with van der Waals surface area (Å²) in [6, 6.07) is 13.2. The molecule has 1 saturated heterocycles. The van der Waals surface area contributed by atoms with Crippen LogP contribution >= 0.6 is 11.6 Å². The zero-order valence-corrected chi connectivity index (χ0v) is 24.4.